The molecule has 0 bridgehead atoms. The van der Waals surface area contributed by atoms with Gasteiger partial charge in [-0.3, -0.25) is 0 Å². The molecule has 1 aromatic heterocycles. The van der Waals surface area contributed by atoms with E-state index in [1.165, 1.54) is 4.88 Å². The lowest BCUT2D eigenvalue weighted by Crippen LogP contribution is -2.20. The number of halogens is 1. The Morgan fingerprint density at radius 2 is 2.05 bits per heavy atom. The fourth-order valence-corrected chi connectivity index (χ4v) is 3.49. The van der Waals surface area contributed by atoms with Gasteiger partial charge in [0.05, 0.1) is 11.8 Å². The van der Waals surface area contributed by atoms with E-state index in [9.17, 15) is 0 Å². The maximum absolute atomic E-state index is 5.94. The molecule has 1 N–H and O–H groups in total. The molecule has 19 heavy (non-hydrogen) atoms. The fraction of sp³-hybridized carbons (Fsp3) is 0.267. The highest BCUT2D eigenvalue weighted by Crippen LogP contribution is 2.34. The summed E-state index contributed by atoms with van der Waals surface area (Å²) in [6.45, 7) is 2.21. The van der Waals surface area contributed by atoms with Crippen molar-refractivity contribution in [3.63, 3.8) is 0 Å². The van der Waals surface area contributed by atoms with Crippen LogP contribution in [0.15, 0.2) is 46.9 Å². The third kappa shape index (κ3) is 2.40. The number of hydrogen-bond donors (Lipinski definition) is 1. The zero-order valence-electron chi connectivity index (χ0n) is 10.6. The molecular weight excluding hydrogens is 276 g/mol. The van der Waals surface area contributed by atoms with Crippen molar-refractivity contribution in [2.45, 2.75) is 19.4 Å². The van der Waals surface area contributed by atoms with E-state index >= 15 is 0 Å². The molecule has 2 unspecified atom stereocenters. The molecule has 98 valence electrons. The summed E-state index contributed by atoms with van der Waals surface area (Å²) in [5.41, 5.74) is 5.58. The van der Waals surface area contributed by atoms with Crippen molar-refractivity contribution in [2.24, 2.45) is 11.0 Å². The third-order valence-electron chi connectivity index (χ3n) is 3.51. The molecule has 1 aliphatic heterocycles. The number of hydrogen-bond acceptors (Lipinski definition) is 3. The van der Waals surface area contributed by atoms with Crippen molar-refractivity contribution in [1.29, 1.82) is 0 Å². The average molecular weight is 291 g/mol. The standard InChI is InChI=1S/C15H15ClN2S/c1-2-12-14(10-5-7-11(16)8-6-10)17-18-15(12)13-4-3-9-19-13/h3-9,12,15,18H,2H2,1H3. The lowest BCUT2D eigenvalue weighted by molar-refractivity contribution is 0.493. The molecule has 2 nitrogen and oxygen atoms in total. The summed E-state index contributed by atoms with van der Waals surface area (Å²) in [6.07, 6.45) is 1.07. The molecule has 0 spiro atoms. The van der Waals surface area contributed by atoms with E-state index < -0.39 is 0 Å². The Balaban J connectivity index is 1.89. The van der Waals surface area contributed by atoms with Gasteiger partial charge in [-0.15, -0.1) is 11.3 Å². The van der Waals surface area contributed by atoms with Gasteiger partial charge in [0, 0.05) is 15.8 Å². The van der Waals surface area contributed by atoms with Gasteiger partial charge in [-0.25, -0.2) is 0 Å². The average Bonchev–Trinajstić information content (AvgIpc) is 3.08. The van der Waals surface area contributed by atoms with Crippen LogP contribution in [0.3, 0.4) is 0 Å². The van der Waals surface area contributed by atoms with Crippen molar-refractivity contribution in [2.75, 3.05) is 0 Å². The molecule has 4 heteroatoms. The van der Waals surface area contributed by atoms with Gasteiger partial charge in [0.25, 0.3) is 0 Å². The fourth-order valence-electron chi connectivity index (χ4n) is 2.53. The normalized spacial score (nSPS) is 22.1. The van der Waals surface area contributed by atoms with Crippen LogP contribution in [0, 0.1) is 5.92 Å². The van der Waals surface area contributed by atoms with Crippen LogP contribution in [0.5, 0.6) is 0 Å². The molecule has 3 rings (SSSR count). The van der Waals surface area contributed by atoms with Gasteiger partial charge in [0.1, 0.15) is 0 Å². The number of rotatable bonds is 3. The molecule has 1 aromatic carbocycles. The Labute approximate surface area is 122 Å². The second-order valence-electron chi connectivity index (χ2n) is 4.64. The Hall–Kier alpha value is -1.32. The van der Waals surface area contributed by atoms with Gasteiger partial charge < -0.3 is 5.43 Å². The summed E-state index contributed by atoms with van der Waals surface area (Å²) in [6, 6.07) is 12.5. The van der Waals surface area contributed by atoms with Crippen LogP contribution in [0.4, 0.5) is 0 Å². The number of benzene rings is 1. The largest absolute Gasteiger partial charge is 0.301 e. The highest BCUT2D eigenvalue weighted by atomic mass is 35.5. The molecule has 0 radical (unpaired) electrons. The summed E-state index contributed by atoms with van der Waals surface area (Å²) in [7, 11) is 0. The van der Waals surface area contributed by atoms with E-state index in [1.807, 2.05) is 24.3 Å². The molecule has 0 amide bonds. The predicted octanol–water partition coefficient (Wildman–Crippen LogP) is 4.48. The van der Waals surface area contributed by atoms with Gasteiger partial charge in [0.15, 0.2) is 0 Å². The maximum atomic E-state index is 5.94. The van der Waals surface area contributed by atoms with Crippen LogP contribution in [0.25, 0.3) is 0 Å². The van der Waals surface area contributed by atoms with Crippen molar-refractivity contribution < 1.29 is 0 Å². The second-order valence-corrected chi connectivity index (χ2v) is 6.06. The summed E-state index contributed by atoms with van der Waals surface area (Å²) >= 11 is 7.73. The van der Waals surface area contributed by atoms with E-state index in [0.717, 1.165) is 22.7 Å². The number of nitrogens with zero attached hydrogens (tertiary/aromatic N) is 1. The van der Waals surface area contributed by atoms with Crippen LogP contribution in [-0.2, 0) is 0 Å². The van der Waals surface area contributed by atoms with Gasteiger partial charge in [-0.1, -0.05) is 36.7 Å². The smallest absolute Gasteiger partial charge is 0.0866 e. The first-order valence-corrected chi connectivity index (χ1v) is 7.68. The first kappa shape index (κ1) is 12.7. The van der Waals surface area contributed by atoms with E-state index in [-0.39, 0.29) is 0 Å². The lowest BCUT2D eigenvalue weighted by Gasteiger charge is -2.18. The number of nitrogens with one attached hydrogen (secondary N) is 1. The first-order valence-electron chi connectivity index (χ1n) is 6.42. The molecule has 0 saturated carbocycles. The van der Waals surface area contributed by atoms with Crippen LogP contribution < -0.4 is 5.43 Å². The van der Waals surface area contributed by atoms with Crippen LogP contribution in [-0.4, -0.2) is 5.71 Å². The van der Waals surface area contributed by atoms with Crippen LogP contribution >= 0.6 is 22.9 Å². The minimum Gasteiger partial charge on any atom is -0.301 e. The zero-order chi connectivity index (χ0) is 13.2. The van der Waals surface area contributed by atoms with Crippen LogP contribution in [0.1, 0.15) is 29.8 Å². The summed E-state index contributed by atoms with van der Waals surface area (Å²) < 4.78 is 0. The van der Waals surface area contributed by atoms with Gasteiger partial charge >= 0.3 is 0 Å². The zero-order valence-corrected chi connectivity index (χ0v) is 12.2. The minimum absolute atomic E-state index is 0.302. The maximum Gasteiger partial charge on any atom is 0.0866 e. The van der Waals surface area contributed by atoms with Crippen LogP contribution in [0.2, 0.25) is 5.02 Å². The van der Waals surface area contributed by atoms with E-state index in [1.54, 1.807) is 11.3 Å². The Morgan fingerprint density at radius 3 is 2.68 bits per heavy atom. The SMILES string of the molecule is CCC1C(c2ccc(Cl)cc2)=NNC1c1cccs1. The highest BCUT2D eigenvalue weighted by molar-refractivity contribution is 7.10. The lowest BCUT2D eigenvalue weighted by atomic mass is 9.88. The quantitative estimate of drug-likeness (QED) is 0.886. The molecule has 0 fully saturated rings. The Kier molecular flexibility index (Phi) is 3.58. The Morgan fingerprint density at radius 1 is 1.26 bits per heavy atom. The molecule has 1 aliphatic rings. The first-order chi connectivity index (χ1) is 9.29. The monoisotopic (exact) mass is 290 g/mol. The minimum atomic E-state index is 0.302. The van der Waals surface area contributed by atoms with Crippen molar-refractivity contribution in [3.05, 3.63) is 57.2 Å². The van der Waals surface area contributed by atoms with Crippen molar-refractivity contribution in [1.82, 2.24) is 5.43 Å². The second kappa shape index (κ2) is 5.35. The molecular formula is C15H15ClN2S. The van der Waals surface area contributed by atoms with Crippen molar-refractivity contribution in [3.8, 4) is 0 Å². The van der Waals surface area contributed by atoms with Gasteiger partial charge in [0.2, 0.25) is 0 Å². The summed E-state index contributed by atoms with van der Waals surface area (Å²) in [4.78, 5) is 1.35. The molecule has 0 saturated heterocycles. The van der Waals surface area contributed by atoms with E-state index in [0.29, 0.717) is 12.0 Å². The summed E-state index contributed by atoms with van der Waals surface area (Å²) in [5.74, 6) is 0.417. The molecule has 2 heterocycles. The third-order valence-corrected chi connectivity index (χ3v) is 4.71. The molecule has 0 aliphatic carbocycles. The number of thiophene rings is 1. The Bertz CT molecular complexity index is 575. The molecule has 2 aromatic rings. The van der Waals surface area contributed by atoms with E-state index in [2.05, 4.69) is 35.0 Å². The van der Waals surface area contributed by atoms with Gasteiger partial charge in [-0.05, 0) is 35.6 Å². The van der Waals surface area contributed by atoms with Gasteiger partial charge in [-0.2, -0.15) is 5.10 Å². The summed E-state index contributed by atoms with van der Waals surface area (Å²) in [5, 5.41) is 7.43. The molecule has 2 atom stereocenters. The number of hydrazone groups is 1. The predicted molar refractivity (Wildman–Crippen MR) is 82.0 cm³/mol. The highest BCUT2D eigenvalue weighted by Gasteiger charge is 2.32. The van der Waals surface area contributed by atoms with Crippen molar-refractivity contribution >= 4 is 28.6 Å². The topological polar surface area (TPSA) is 24.4 Å². The van der Waals surface area contributed by atoms with E-state index in [4.69, 9.17) is 11.6 Å².